The van der Waals surface area contributed by atoms with E-state index >= 15 is 0 Å². The maximum absolute atomic E-state index is 5.95. The van der Waals surface area contributed by atoms with E-state index in [1.54, 1.807) is 12.1 Å². The van der Waals surface area contributed by atoms with Crippen LogP contribution >= 0.6 is 23.2 Å². The van der Waals surface area contributed by atoms with Crippen LogP contribution in [0.25, 0.3) is 0 Å². The first kappa shape index (κ1) is 7.45. The predicted molar refractivity (Wildman–Crippen MR) is 47.3 cm³/mol. The fourth-order valence-corrected chi connectivity index (χ4v) is 1.91. The van der Waals surface area contributed by atoms with Gasteiger partial charge in [-0.1, -0.05) is 23.2 Å². The normalized spacial score (nSPS) is 16.9. The van der Waals surface area contributed by atoms with E-state index in [0.717, 1.165) is 15.6 Å². The molecule has 0 spiro atoms. The smallest absolute Gasteiger partial charge is 0.0461 e. The third-order valence-corrected chi connectivity index (χ3v) is 2.55. The van der Waals surface area contributed by atoms with Crippen molar-refractivity contribution in [3.63, 3.8) is 0 Å². The average molecular weight is 186 g/mol. The standard InChI is InChI=1S/C9H7Cl2/c10-7-2-1-3-8(11)9(7)6-4-5-6/h2-3,6H,4-5H2. The number of halogens is 2. The summed E-state index contributed by atoms with van der Waals surface area (Å²) in [5, 5.41) is 1.53. The Morgan fingerprint density at radius 2 is 1.73 bits per heavy atom. The molecule has 1 aromatic rings. The summed E-state index contributed by atoms with van der Waals surface area (Å²) in [7, 11) is 0. The second kappa shape index (κ2) is 2.69. The number of benzene rings is 1. The van der Waals surface area contributed by atoms with Crippen LogP contribution in [0.2, 0.25) is 10.0 Å². The van der Waals surface area contributed by atoms with Crippen molar-refractivity contribution in [2.24, 2.45) is 0 Å². The van der Waals surface area contributed by atoms with E-state index in [0.29, 0.717) is 5.92 Å². The van der Waals surface area contributed by atoms with Crippen LogP contribution in [0, 0.1) is 6.07 Å². The van der Waals surface area contributed by atoms with Crippen LogP contribution in [0.4, 0.5) is 0 Å². The monoisotopic (exact) mass is 185 g/mol. The van der Waals surface area contributed by atoms with Crippen LogP contribution in [0.15, 0.2) is 12.1 Å². The van der Waals surface area contributed by atoms with E-state index in [1.807, 2.05) is 0 Å². The molecule has 0 heterocycles. The lowest BCUT2D eigenvalue weighted by atomic mass is 10.1. The number of hydrogen-bond donors (Lipinski definition) is 0. The lowest BCUT2D eigenvalue weighted by Gasteiger charge is -2.02. The van der Waals surface area contributed by atoms with E-state index in [4.69, 9.17) is 23.2 Å². The summed E-state index contributed by atoms with van der Waals surface area (Å²) in [6, 6.07) is 6.45. The highest BCUT2D eigenvalue weighted by Crippen LogP contribution is 2.46. The topological polar surface area (TPSA) is 0 Å². The molecular weight excluding hydrogens is 179 g/mol. The Bertz CT molecular complexity index is 257. The third kappa shape index (κ3) is 1.38. The van der Waals surface area contributed by atoms with Crippen LogP contribution in [-0.4, -0.2) is 0 Å². The summed E-state index contributed by atoms with van der Waals surface area (Å²) < 4.78 is 0. The summed E-state index contributed by atoms with van der Waals surface area (Å²) in [4.78, 5) is 0. The second-order valence-electron chi connectivity index (χ2n) is 2.84. The van der Waals surface area contributed by atoms with E-state index in [1.165, 1.54) is 12.8 Å². The molecule has 0 nitrogen and oxygen atoms in total. The van der Waals surface area contributed by atoms with Crippen molar-refractivity contribution in [2.45, 2.75) is 18.8 Å². The van der Waals surface area contributed by atoms with E-state index in [2.05, 4.69) is 6.07 Å². The van der Waals surface area contributed by atoms with E-state index in [-0.39, 0.29) is 0 Å². The molecule has 0 aliphatic heterocycles. The van der Waals surface area contributed by atoms with Crippen molar-refractivity contribution in [1.29, 1.82) is 0 Å². The van der Waals surface area contributed by atoms with Gasteiger partial charge in [-0.25, -0.2) is 0 Å². The van der Waals surface area contributed by atoms with E-state index in [9.17, 15) is 0 Å². The molecule has 2 rings (SSSR count). The van der Waals surface area contributed by atoms with Gasteiger partial charge in [-0.15, -0.1) is 0 Å². The highest BCUT2D eigenvalue weighted by atomic mass is 35.5. The van der Waals surface area contributed by atoms with Gasteiger partial charge in [0.15, 0.2) is 0 Å². The molecule has 0 aromatic heterocycles. The van der Waals surface area contributed by atoms with Gasteiger partial charge in [0.2, 0.25) is 0 Å². The second-order valence-corrected chi connectivity index (χ2v) is 3.65. The molecule has 1 aliphatic rings. The summed E-state index contributed by atoms with van der Waals surface area (Å²) in [5.74, 6) is 0.615. The van der Waals surface area contributed by atoms with Gasteiger partial charge in [-0.05, 0) is 42.5 Å². The first-order chi connectivity index (χ1) is 5.29. The van der Waals surface area contributed by atoms with Crippen molar-refractivity contribution >= 4 is 23.2 Å². The molecule has 0 N–H and O–H groups in total. The maximum atomic E-state index is 5.95. The highest BCUT2D eigenvalue weighted by molar-refractivity contribution is 6.36. The van der Waals surface area contributed by atoms with Gasteiger partial charge in [0.1, 0.15) is 0 Å². The summed E-state index contributed by atoms with van der Waals surface area (Å²) in [5.41, 5.74) is 1.12. The van der Waals surface area contributed by atoms with Crippen LogP contribution in [0.3, 0.4) is 0 Å². The molecule has 1 fully saturated rings. The molecule has 57 valence electrons. The lowest BCUT2D eigenvalue weighted by Crippen LogP contribution is -1.82. The van der Waals surface area contributed by atoms with Gasteiger partial charge in [0.05, 0.1) is 0 Å². The molecule has 0 atom stereocenters. The largest absolute Gasteiger partial charge is 0.0840 e. The van der Waals surface area contributed by atoms with Gasteiger partial charge in [0, 0.05) is 10.0 Å². The Balaban J connectivity index is 2.48. The zero-order valence-corrected chi connectivity index (χ0v) is 7.41. The van der Waals surface area contributed by atoms with Crippen molar-refractivity contribution in [3.05, 3.63) is 33.8 Å². The molecule has 1 aromatic carbocycles. The van der Waals surface area contributed by atoms with Crippen molar-refractivity contribution in [3.8, 4) is 0 Å². The quantitative estimate of drug-likeness (QED) is 0.627. The molecule has 1 saturated carbocycles. The highest BCUT2D eigenvalue weighted by Gasteiger charge is 2.27. The molecule has 0 bridgehead atoms. The number of rotatable bonds is 1. The SMILES string of the molecule is Clc1c[c]cc(Cl)c1C1CC1. The van der Waals surface area contributed by atoms with Crippen LogP contribution in [-0.2, 0) is 0 Å². The van der Waals surface area contributed by atoms with Crippen molar-refractivity contribution < 1.29 is 0 Å². The van der Waals surface area contributed by atoms with Crippen LogP contribution in [0.1, 0.15) is 24.3 Å². The lowest BCUT2D eigenvalue weighted by molar-refractivity contribution is 1.13. The van der Waals surface area contributed by atoms with Gasteiger partial charge in [0.25, 0.3) is 0 Å². The Hall–Kier alpha value is -0.200. The molecule has 11 heavy (non-hydrogen) atoms. The first-order valence-corrected chi connectivity index (χ1v) is 4.39. The van der Waals surface area contributed by atoms with Gasteiger partial charge >= 0.3 is 0 Å². The Morgan fingerprint density at radius 3 is 2.18 bits per heavy atom. The molecular formula is C9H7Cl2. The molecule has 0 saturated heterocycles. The maximum Gasteiger partial charge on any atom is 0.0461 e. The zero-order valence-electron chi connectivity index (χ0n) is 5.90. The average Bonchev–Trinajstić information content (AvgIpc) is 2.70. The minimum absolute atomic E-state index is 0.615. The predicted octanol–water partition coefficient (Wildman–Crippen LogP) is 3.67. The summed E-state index contributed by atoms with van der Waals surface area (Å²) in [6.45, 7) is 0. The zero-order chi connectivity index (χ0) is 7.84. The van der Waals surface area contributed by atoms with Gasteiger partial charge in [-0.3, -0.25) is 0 Å². The van der Waals surface area contributed by atoms with Gasteiger partial charge < -0.3 is 0 Å². The molecule has 1 aliphatic carbocycles. The summed E-state index contributed by atoms with van der Waals surface area (Å²) >= 11 is 11.9. The Kier molecular flexibility index (Phi) is 1.82. The third-order valence-electron chi connectivity index (χ3n) is 1.92. The molecule has 2 heteroatoms. The van der Waals surface area contributed by atoms with E-state index < -0.39 is 0 Å². The fraction of sp³-hybridized carbons (Fsp3) is 0.333. The van der Waals surface area contributed by atoms with Gasteiger partial charge in [-0.2, -0.15) is 0 Å². The van der Waals surface area contributed by atoms with Crippen LogP contribution in [0.5, 0.6) is 0 Å². The summed E-state index contributed by atoms with van der Waals surface area (Å²) in [6.07, 6.45) is 2.45. The molecule has 0 unspecified atom stereocenters. The number of hydrogen-bond acceptors (Lipinski definition) is 0. The molecule has 0 amide bonds. The van der Waals surface area contributed by atoms with Crippen LogP contribution < -0.4 is 0 Å². The fourth-order valence-electron chi connectivity index (χ4n) is 1.22. The Morgan fingerprint density at radius 1 is 1.18 bits per heavy atom. The van der Waals surface area contributed by atoms with Crippen molar-refractivity contribution in [2.75, 3.05) is 0 Å². The Labute approximate surface area is 76.1 Å². The minimum Gasteiger partial charge on any atom is -0.0840 e. The first-order valence-electron chi connectivity index (χ1n) is 3.64. The minimum atomic E-state index is 0.615. The van der Waals surface area contributed by atoms with Crippen molar-refractivity contribution in [1.82, 2.24) is 0 Å². The molecule has 1 radical (unpaired) electrons.